The minimum atomic E-state index is 0.711. The predicted octanol–water partition coefficient (Wildman–Crippen LogP) is 5.89. The molecular formula is C24H30N2. The Morgan fingerprint density at radius 2 is 1.77 bits per heavy atom. The molecule has 0 aliphatic carbocycles. The smallest absolute Gasteiger partial charge is 0.0497 e. The van der Waals surface area contributed by atoms with Crippen molar-refractivity contribution in [2.75, 3.05) is 13.1 Å². The number of piperidine rings is 1. The number of nitrogens with zero attached hydrogens (tertiary/aromatic N) is 1. The third-order valence-electron chi connectivity index (χ3n) is 6.21. The summed E-state index contributed by atoms with van der Waals surface area (Å²) in [5.74, 6) is 0.878. The highest BCUT2D eigenvalue weighted by atomic mass is 15.2. The fourth-order valence-electron chi connectivity index (χ4n) is 4.47. The summed E-state index contributed by atoms with van der Waals surface area (Å²) in [5.41, 5.74) is 5.30. The third-order valence-corrected chi connectivity index (χ3v) is 6.21. The van der Waals surface area contributed by atoms with Crippen molar-refractivity contribution < 1.29 is 0 Å². The molecule has 2 heterocycles. The molecule has 0 saturated carbocycles. The Bertz CT molecular complexity index is 849. The van der Waals surface area contributed by atoms with Crippen molar-refractivity contribution in [3.8, 4) is 11.3 Å². The average molecular weight is 347 g/mol. The Labute approximate surface area is 157 Å². The fraction of sp³-hybridized carbons (Fsp3) is 0.417. The number of hydrogen-bond acceptors (Lipinski definition) is 1. The second-order valence-corrected chi connectivity index (χ2v) is 7.84. The van der Waals surface area contributed by atoms with Gasteiger partial charge in [0.05, 0.1) is 0 Å². The molecule has 1 aliphatic rings. The van der Waals surface area contributed by atoms with E-state index in [4.69, 9.17) is 0 Å². The molecule has 0 spiro atoms. The van der Waals surface area contributed by atoms with E-state index in [0.29, 0.717) is 6.04 Å². The zero-order valence-electron chi connectivity index (χ0n) is 16.0. The van der Waals surface area contributed by atoms with Crippen LogP contribution in [-0.4, -0.2) is 29.0 Å². The Morgan fingerprint density at radius 3 is 2.58 bits per heavy atom. The van der Waals surface area contributed by atoms with Crippen molar-refractivity contribution in [3.63, 3.8) is 0 Å². The van der Waals surface area contributed by atoms with Gasteiger partial charge in [-0.25, -0.2) is 0 Å². The van der Waals surface area contributed by atoms with Gasteiger partial charge in [0, 0.05) is 35.7 Å². The van der Waals surface area contributed by atoms with Crippen molar-refractivity contribution in [2.24, 2.45) is 5.92 Å². The monoisotopic (exact) mass is 346 g/mol. The van der Waals surface area contributed by atoms with Crippen molar-refractivity contribution in [3.05, 3.63) is 60.2 Å². The van der Waals surface area contributed by atoms with Gasteiger partial charge in [-0.1, -0.05) is 61.9 Å². The highest BCUT2D eigenvalue weighted by Gasteiger charge is 2.24. The van der Waals surface area contributed by atoms with Crippen LogP contribution >= 0.6 is 0 Å². The van der Waals surface area contributed by atoms with E-state index in [1.807, 2.05) is 0 Å². The number of benzene rings is 2. The number of para-hydroxylation sites is 1. The van der Waals surface area contributed by atoms with Crippen LogP contribution in [-0.2, 0) is 6.42 Å². The van der Waals surface area contributed by atoms with Crippen LogP contribution < -0.4 is 0 Å². The summed E-state index contributed by atoms with van der Waals surface area (Å²) < 4.78 is 0. The SMILES string of the molecule is CCC1CCC(C)N(CCc2c(-c3ccccc3)[nH]c3ccccc23)C1. The quantitative estimate of drug-likeness (QED) is 0.610. The van der Waals surface area contributed by atoms with Gasteiger partial charge in [0.25, 0.3) is 0 Å². The van der Waals surface area contributed by atoms with Crippen molar-refractivity contribution in [1.82, 2.24) is 9.88 Å². The van der Waals surface area contributed by atoms with Gasteiger partial charge in [0.2, 0.25) is 0 Å². The Kier molecular flexibility index (Phi) is 5.12. The lowest BCUT2D eigenvalue weighted by Gasteiger charge is -2.37. The van der Waals surface area contributed by atoms with Gasteiger partial charge >= 0.3 is 0 Å². The number of fused-ring (bicyclic) bond motifs is 1. The number of rotatable bonds is 5. The maximum atomic E-state index is 3.68. The van der Waals surface area contributed by atoms with Crippen LogP contribution in [0.3, 0.4) is 0 Å². The molecule has 2 unspecified atom stereocenters. The van der Waals surface area contributed by atoms with Crippen LogP contribution in [0.1, 0.15) is 38.7 Å². The number of likely N-dealkylation sites (tertiary alicyclic amines) is 1. The van der Waals surface area contributed by atoms with E-state index in [9.17, 15) is 0 Å². The van der Waals surface area contributed by atoms with E-state index in [2.05, 4.69) is 78.3 Å². The molecule has 0 amide bonds. The van der Waals surface area contributed by atoms with Crippen molar-refractivity contribution in [1.29, 1.82) is 0 Å². The highest BCUT2D eigenvalue weighted by molar-refractivity contribution is 5.90. The van der Waals surface area contributed by atoms with Gasteiger partial charge in [-0.15, -0.1) is 0 Å². The predicted molar refractivity (Wildman–Crippen MR) is 111 cm³/mol. The standard InChI is InChI=1S/C24H30N2/c1-3-19-14-13-18(2)26(17-19)16-15-22-21-11-7-8-12-23(21)25-24(22)20-9-5-4-6-10-20/h4-12,18-19,25H,3,13-17H2,1-2H3. The Balaban J connectivity index is 1.63. The first-order valence-corrected chi connectivity index (χ1v) is 10.1. The largest absolute Gasteiger partial charge is 0.354 e. The summed E-state index contributed by atoms with van der Waals surface area (Å²) in [6, 6.07) is 20.2. The average Bonchev–Trinajstić information content (AvgIpc) is 3.07. The van der Waals surface area contributed by atoms with E-state index in [1.54, 1.807) is 0 Å². The second-order valence-electron chi connectivity index (χ2n) is 7.84. The first-order chi connectivity index (χ1) is 12.8. The molecule has 136 valence electrons. The number of aromatic nitrogens is 1. The molecule has 3 aromatic rings. The van der Waals surface area contributed by atoms with E-state index >= 15 is 0 Å². The molecule has 2 nitrogen and oxygen atoms in total. The third kappa shape index (κ3) is 3.43. The molecular weight excluding hydrogens is 316 g/mol. The molecule has 26 heavy (non-hydrogen) atoms. The Hall–Kier alpha value is -2.06. The van der Waals surface area contributed by atoms with Crippen molar-refractivity contribution >= 4 is 10.9 Å². The number of aromatic amines is 1. The molecule has 2 heteroatoms. The highest BCUT2D eigenvalue weighted by Crippen LogP contribution is 2.31. The molecule has 0 radical (unpaired) electrons. The molecule has 2 aromatic carbocycles. The van der Waals surface area contributed by atoms with Crippen LogP contribution in [0.2, 0.25) is 0 Å². The zero-order valence-corrected chi connectivity index (χ0v) is 16.0. The fourth-order valence-corrected chi connectivity index (χ4v) is 4.47. The molecule has 1 N–H and O–H groups in total. The molecule has 1 aromatic heterocycles. The van der Waals surface area contributed by atoms with E-state index in [1.165, 1.54) is 53.5 Å². The minimum Gasteiger partial charge on any atom is -0.354 e. The number of nitrogens with one attached hydrogen (secondary N) is 1. The summed E-state index contributed by atoms with van der Waals surface area (Å²) in [4.78, 5) is 6.40. The molecule has 1 saturated heterocycles. The maximum absolute atomic E-state index is 3.68. The minimum absolute atomic E-state index is 0.711. The van der Waals surface area contributed by atoms with Crippen LogP contribution in [0.15, 0.2) is 54.6 Å². The molecule has 0 bridgehead atoms. The summed E-state index contributed by atoms with van der Waals surface area (Å²) >= 11 is 0. The van der Waals surface area contributed by atoms with Gasteiger partial charge in [0.1, 0.15) is 0 Å². The molecule has 2 atom stereocenters. The van der Waals surface area contributed by atoms with Crippen LogP contribution in [0.5, 0.6) is 0 Å². The maximum Gasteiger partial charge on any atom is 0.0497 e. The lowest BCUT2D eigenvalue weighted by Crippen LogP contribution is -2.42. The van der Waals surface area contributed by atoms with E-state index < -0.39 is 0 Å². The molecule has 1 aliphatic heterocycles. The van der Waals surface area contributed by atoms with Crippen LogP contribution in [0.25, 0.3) is 22.2 Å². The second kappa shape index (κ2) is 7.67. The summed E-state index contributed by atoms with van der Waals surface area (Å²) in [6.45, 7) is 7.16. The lowest BCUT2D eigenvalue weighted by atomic mass is 9.91. The van der Waals surface area contributed by atoms with Gasteiger partial charge in [-0.2, -0.15) is 0 Å². The topological polar surface area (TPSA) is 19.0 Å². The van der Waals surface area contributed by atoms with E-state index in [-0.39, 0.29) is 0 Å². The van der Waals surface area contributed by atoms with Gasteiger partial charge in [0.15, 0.2) is 0 Å². The zero-order chi connectivity index (χ0) is 17.9. The first kappa shape index (κ1) is 17.4. The summed E-state index contributed by atoms with van der Waals surface area (Å²) in [5, 5.41) is 1.38. The first-order valence-electron chi connectivity index (χ1n) is 10.1. The van der Waals surface area contributed by atoms with Gasteiger partial charge < -0.3 is 9.88 Å². The molecule has 1 fully saturated rings. The Morgan fingerprint density at radius 1 is 1.00 bits per heavy atom. The normalized spacial score (nSPS) is 21.3. The number of H-pyrrole nitrogens is 1. The van der Waals surface area contributed by atoms with Gasteiger partial charge in [-0.05, 0) is 49.3 Å². The van der Waals surface area contributed by atoms with Gasteiger partial charge in [-0.3, -0.25) is 0 Å². The van der Waals surface area contributed by atoms with Crippen molar-refractivity contribution in [2.45, 2.75) is 45.6 Å². The van der Waals surface area contributed by atoms with Crippen LogP contribution in [0, 0.1) is 5.92 Å². The summed E-state index contributed by atoms with van der Waals surface area (Å²) in [7, 11) is 0. The summed E-state index contributed by atoms with van der Waals surface area (Å²) in [6.07, 6.45) is 5.16. The van der Waals surface area contributed by atoms with Crippen LogP contribution in [0.4, 0.5) is 0 Å². The molecule has 4 rings (SSSR count). The van der Waals surface area contributed by atoms with E-state index in [0.717, 1.165) is 18.9 Å². The lowest BCUT2D eigenvalue weighted by molar-refractivity contribution is 0.117. The number of hydrogen-bond donors (Lipinski definition) is 1.